The number of allylic oxidation sites excluding steroid dienone is 2. The number of nitrogens with one attached hydrogen (secondary N) is 1. The highest BCUT2D eigenvalue weighted by atomic mass is 16.3. The Hall–Kier alpha value is -2.70. The zero-order chi connectivity index (χ0) is 16.8. The van der Waals surface area contributed by atoms with Crippen molar-refractivity contribution in [3.05, 3.63) is 30.5 Å². The highest BCUT2D eigenvalue weighted by Crippen LogP contribution is 2.49. The van der Waals surface area contributed by atoms with E-state index in [-0.39, 0.29) is 53.6 Å². The summed E-state index contributed by atoms with van der Waals surface area (Å²) in [6, 6.07) is 2.93. The Labute approximate surface area is 138 Å². The van der Waals surface area contributed by atoms with Gasteiger partial charge in [0, 0.05) is 6.20 Å². The van der Waals surface area contributed by atoms with Gasteiger partial charge in [-0.25, -0.2) is 4.98 Å². The van der Waals surface area contributed by atoms with E-state index in [1.54, 1.807) is 0 Å². The molecule has 3 aliphatic carbocycles. The molecule has 0 radical (unpaired) electrons. The number of hydrogen-bond acceptors (Lipinski definition) is 5. The molecule has 1 aromatic heterocycles. The molecule has 5 rings (SSSR count). The summed E-state index contributed by atoms with van der Waals surface area (Å²) in [6.45, 7) is -0.347. The minimum absolute atomic E-state index is 0.0146. The van der Waals surface area contributed by atoms with Crippen LogP contribution in [0.25, 0.3) is 0 Å². The number of aromatic hydroxyl groups is 1. The van der Waals surface area contributed by atoms with Crippen LogP contribution < -0.4 is 5.32 Å². The van der Waals surface area contributed by atoms with Crippen LogP contribution in [0.4, 0.5) is 5.82 Å². The Kier molecular flexibility index (Phi) is 3.37. The lowest BCUT2D eigenvalue weighted by Crippen LogP contribution is -2.38. The highest BCUT2D eigenvalue weighted by Gasteiger charge is 2.56. The number of imide groups is 1. The Morgan fingerprint density at radius 1 is 1.21 bits per heavy atom. The van der Waals surface area contributed by atoms with Crippen LogP contribution in [0.3, 0.4) is 0 Å². The van der Waals surface area contributed by atoms with E-state index in [2.05, 4.69) is 10.3 Å². The molecule has 2 fully saturated rings. The van der Waals surface area contributed by atoms with Gasteiger partial charge in [-0.15, -0.1) is 0 Å². The second-order valence-electron chi connectivity index (χ2n) is 6.52. The summed E-state index contributed by atoms with van der Waals surface area (Å²) in [5.41, 5.74) is 0. The monoisotopic (exact) mass is 327 g/mol. The van der Waals surface area contributed by atoms with Crippen LogP contribution in [-0.2, 0) is 14.4 Å². The fraction of sp³-hybridized carbons (Fsp3) is 0.412. The summed E-state index contributed by atoms with van der Waals surface area (Å²) in [6.07, 6.45) is 7.35. The van der Waals surface area contributed by atoms with Crippen LogP contribution in [0.1, 0.15) is 12.8 Å². The van der Waals surface area contributed by atoms with Crippen molar-refractivity contribution in [1.29, 1.82) is 0 Å². The van der Waals surface area contributed by atoms with Gasteiger partial charge in [-0.1, -0.05) is 12.2 Å². The number of hydrogen-bond donors (Lipinski definition) is 2. The second-order valence-corrected chi connectivity index (χ2v) is 6.52. The zero-order valence-electron chi connectivity index (χ0n) is 12.9. The van der Waals surface area contributed by atoms with Crippen LogP contribution >= 0.6 is 0 Å². The Morgan fingerprint density at radius 3 is 2.38 bits per heavy atom. The first kappa shape index (κ1) is 14.9. The molecule has 7 heteroatoms. The zero-order valence-corrected chi connectivity index (χ0v) is 12.9. The van der Waals surface area contributed by atoms with Gasteiger partial charge in [-0.05, 0) is 36.8 Å². The molecule has 0 aromatic carbocycles. The summed E-state index contributed by atoms with van der Waals surface area (Å²) in [4.78, 5) is 42.3. The molecular formula is C17H17N3O4. The Balaban J connectivity index is 1.49. The average Bonchev–Trinajstić information content (AvgIpc) is 2.85. The summed E-state index contributed by atoms with van der Waals surface area (Å²) >= 11 is 0. The SMILES string of the molecule is O=C(CN1C(=O)[C@@H]2[C@H](C1=O)[C@H]1C=C[C@H]2CC1)Nc1ncccc1O. The van der Waals surface area contributed by atoms with E-state index in [1.807, 2.05) is 12.2 Å². The molecule has 1 saturated heterocycles. The molecule has 4 aliphatic rings. The topological polar surface area (TPSA) is 99.6 Å². The summed E-state index contributed by atoms with van der Waals surface area (Å²) in [5, 5.41) is 12.1. The van der Waals surface area contributed by atoms with Crippen LogP contribution in [0.15, 0.2) is 30.5 Å². The van der Waals surface area contributed by atoms with Crippen molar-refractivity contribution in [3.63, 3.8) is 0 Å². The van der Waals surface area contributed by atoms with Gasteiger partial charge >= 0.3 is 0 Å². The van der Waals surface area contributed by atoms with Gasteiger partial charge < -0.3 is 10.4 Å². The molecule has 1 aromatic rings. The first-order chi connectivity index (χ1) is 11.6. The van der Waals surface area contributed by atoms with Crippen molar-refractivity contribution in [2.45, 2.75) is 12.8 Å². The maximum absolute atomic E-state index is 12.6. The molecule has 1 saturated carbocycles. The van der Waals surface area contributed by atoms with Gasteiger partial charge in [0.15, 0.2) is 11.6 Å². The van der Waals surface area contributed by atoms with Gasteiger partial charge in [0.05, 0.1) is 11.8 Å². The molecule has 1 aliphatic heterocycles. The van der Waals surface area contributed by atoms with E-state index in [4.69, 9.17) is 0 Å². The molecular weight excluding hydrogens is 310 g/mol. The third-order valence-electron chi connectivity index (χ3n) is 5.20. The van der Waals surface area contributed by atoms with Crippen LogP contribution in [0.2, 0.25) is 0 Å². The normalized spacial score (nSPS) is 30.6. The predicted molar refractivity (Wildman–Crippen MR) is 83.6 cm³/mol. The maximum atomic E-state index is 12.6. The molecule has 124 valence electrons. The minimum Gasteiger partial charge on any atom is -0.504 e. The lowest BCUT2D eigenvalue weighted by atomic mass is 9.63. The number of carbonyl (C=O) groups excluding carboxylic acids is 3. The number of anilines is 1. The van der Waals surface area contributed by atoms with Crippen molar-refractivity contribution in [3.8, 4) is 5.75 Å². The molecule has 2 N–H and O–H groups in total. The third kappa shape index (κ3) is 2.19. The van der Waals surface area contributed by atoms with Crippen molar-refractivity contribution in [2.75, 3.05) is 11.9 Å². The number of pyridine rings is 1. The molecule has 3 amide bonds. The molecule has 0 unspecified atom stereocenters. The summed E-state index contributed by atoms with van der Waals surface area (Å²) in [7, 11) is 0. The van der Waals surface area contributed by atoms with E-state index < -0.39 is 5.91 Å². The summed E-state index contributed by atoms with van der Waals surface area (Å²) in [5.74, 6) is -1.66. The quantitative estimate of drug-likeness (QED) is 0.635. The van der Waals surface area contributed by atoms with Crippen LogP contribution in [0.5, 0.6) is 5.75 Å². The number of carbonyl (C=O) groups is 3. The van der Waals surface area contributed by atoms with Crippen LogP contribution in [-0.4, -0.2) is 39.3 Å². The van der Waals surface area contributed by atoms with E-state index in [9.17, 15) is 19.5 Å². The third-order valence-corrected chi connectivity index (χ3v) is 5.20. The lowest BCUT2D eigenvalue weighted by molar-refractivity contribution is -0.142. The Bertz CT molecular complexity index is 728. The van der Waals surface area contributed by atoms with Gasteiger partial charge in [0.1, 0.15) is 6.54 Å². The maximum Gasteiger partial charge on any atom is 0.245 e. The molecule has 24 heavy (non-hydrogen) atoms. The fourth-order valence-electron chi connectivity index (χ4n) is 4.10. The highest BCUT2D eigenvalue weighted by molar-refractivity contribution is 6.09. The average molecular weight is 327 g/mol. The number of amides is 3. The molecule has 4 atom stereocenters. The first-order valence-electron chi connectivity index (χ1n) is 8.03. The van der Waals surface area contributed by atoms with Crippen LogP contribution in [0, 0.1) is 23.7 Å². The van der Waals surface area contributed by atoms with E-state index in [1.165, 1.54) is 18.3 Å². The van der Waals surface area contributed by atoms with Crippen molar-refractivity contribution in [2.24, 2.45) is 23.7 Å². The standard InChI is InChI=1S/C17H17N3O4/c21-11-2-1-7-18-15(11)19-12(22)8-20-16(23)13-9-3-4-10(6-5-9)14(13)17(20)24/h1-4,7,9-10,13-14,21H,5-6,8H2,(H,18,19,22)/t9-,10-,13-,14+/m0/s1. The number of aromatic nitrogens is 1. The second kappa shape index (κ2) is 5.43. The molecule has 7 nitrogen and oxygen atoms in total. The first-order valence-corrected chi connectivity index (χ1v) is 8.03. The van der Waals surface area contributed by atoms with E-state index in [0.29, 0.717) is 0 Å². The number of rotatable bonds is 3. The lowest BCUT2D eigenvalue weighted by Gasteiger charge is -2.38. The largest absolute Gasteiger partial charge is 0.504 e. The van der Waals surface area contributed by atoms with E-state index >= 15 is 0 Å². The van der Waals surface area contributed by atoms with Crippen molar-refractivity contribution in [1.82, 2.24) is 9.88 Å². The molecule has 2 heterocycles. The number of likely N-dealkylation sites (tertiary alicyclic amines) is 1. The number of nitrogens with zero attached hydrogens (tertiary/aromatic N) is 2. The van der Waals surface area contributed by atoms with E-state index in [0.717, 1.165) is 17.7 Å². The smallest absolute Gasteiger partial charge is 0.245 e. The number of fused-ring (bicyclic) bond motifs is 1. The Morgan fingerprint density at radius 2 is 1.83 bits per heavy atom. The molecule has 0 spiro atoms. The van der Waals surface area contributed by atoms with Crippen molar-refractivity contribution >= 4 is 23.5 Å². The van der Waals surface area contributed by atoms with Gasteiger partial charge in [0.2, 0.25) is 17.7 Å². The molecule has 2 bridgehead atoms. The summed E-state index contributed by atoms with van der Waals surface area (Å²) < 4.78 is 0. The van der Waals surface area contributed by atoms with Gasteiger partial charge in [-0.2, -0.15) is 0 Å². The fourth-order valence-corrected chi connectivity index (χ4v) is 4.10. The van der Waals surface area contributed by atoms with Gasteiger partial charge in [0.25, 0.3) is 0 Å². The van der Waals surface area contributed by atoms with Gasteiger partial charge in [-0.3, -0.25) is 19.3 Å². The predicted octanol–water partition coefficient (Wildman–Crippen LogP) is 0.923. The van der Waals surface area contributed by atoms with Crippen molar-refractivity contribution < 1.29 is 19.5 Å². The minimum atomic E-state index is -0.551.